The molecule has 1 aliphatic rings. The molecule has 3 rings (SSSR count). The summed E-state index contributed by atoms with van der Waals surface area (Å²) in [5.74, 6) is -0.337. The van der Waals surface area contributed by atoms with Crippen molar-refractivity contribution < 1.29 is 19.1 Å². The maximum atomic E-state index is 13.0. The number of methoxy groups -OCH3 is 1. The normalized spacial score (nSPS) is 14.4. The highest BCUT2D eigenvalue weighted by atomic mass is 35.5. The number of nitrogens with zero attached hydrogens (tertiary/aromatic N) is 1. The smallest absolute Gasteiger partial charge is 0.339 e. The van der Waals surface area contributed by atoms with E-state index in [2.05, 4.69) is 10.3 Å². The van der Waals surface area contributed by atoms with E-state index in [1.165, 1.54) is 7.11 Å². The summed E-state index contributed by atoms with van der Waals surface area (Å²) in [6.07, 6.45) is 1.97. The van der Waals surface area contributed by atoms with E-state index in [9.17, 15) is 14.4 Å². The van der Waals surface area contributed by atoms with Gasteiger partial charge in [-0.3, -0.25) is 9.59 Å². The first-order valence-corrected chi connectivity index (χ1v) is 10.8. The molecule has 0 atom stereocenters. The zero-order valence-electron chi connectivity index (χ0n) is 18.1. The quantitative estimate of drug-likeness (QED) is 0.664. The fourth-order valence-corrected chi connectivity index (χ4v) is 4.27. The third kappa shape index (κ3) is 5.47. The van der Waals surface area contributed by atoms with E-state index >= 15 is 0 Å². The van der Waals surface area contributed by atoms with Crippen molar-refractivity contribution in [3.8, 4) is 0 Å². The Morgan fingerprint density at radius 1 is 1.23 bits per heavy atom. The Labute approximate surface area is 187 Å². The molecule has 1 fully saturated rings. The van der Waals surface area contributed by atoms with Crippen LogP contribution in [0.25, 0.3) is 0 Å². The maximum Gasteiger partial charge on any atom is 0.339 e. The van der Waals surface area contributed by atoms with E-state index in [4.69, 9.17) is 16.3 Å². The summed E-state index contributed by atoms with van der Waals surface area (Å²) in [4.78, 5) is 42.1. The van der Waals surface area contributed by atoms with Crippen LogP contribution in [-0.4, -0.2) is 47.9 Å². The van der Waals surface area contributed by atoms with Gasteiger partial charge in [0.1, 0.15) is 5.69 Å². The summed E-state index contributed by atoms with van der Waals surface area (Å²) < 4.78 is 4.81. The molecule has 1 aliphatic heterocycles. The molecule has 8 heteroatoms. The standard InChI is InChI=1S/C23H28ClN3O4/c1-14-20(23(30)31-3)15(2)26-21(14)22(29)27-9-7-16(8-10-27)12-19(28)25-13-17-5-4-6-18(24)11-17/h4-6,11,16,26H,7-10,12-13H2,1-3H3,(H,25,28). The number of benzene rings is 1. The highest BCUT2D eigenvalue weighted by Gasteiger charge is 2.29. The highest BCUT2D eigenvalue weighted by Crippen LogP contribution is 2.25. The Hall–Kier alpha value is -2.80. The Morgan fingerprint density at radius 2 is 1.94 bits per heavy atom. The number of ether oxygens (including phenoxy) is 1. The number of aromatic amines is 1. The van der Waals surface area contributed by atoms with Crippen LogP contribution < -0.4 is 5.32 Å². The Morgan fingerprint density at radius 3 is 2.58 bits per heavy atom. The molecule has 0 saturated carbocycles. The number of hydrogen-bond acceptors (Lipinski definition) is 4. The summed E-state index contributed by atoms with van der Waals surface area (Å²) in [6.45, 7) is 5.11. The van der Waals surface area contributed by atoms with Gasteiger partial charge >= 0.3 is 5.97 Å². The number of carbonyl (C=O) groups excluding carboxylic acids is 3. The van der Waals surface area contributed by atoms with E-state index in [-0.39, 0.29) is 17.7 Å². The number of H-pyrrole nitrogens is 1. The number of esters is 1. The number of amides is 2. The lowest BCUT2D eigenvalue weighted by Crippen LogP contribution is -2.40. The van der Waals surface area contributed by atoms with Crippen molar-refractivity contribution in [3.05, 3.63) is 57.4 Å². The van der Waals surface area contributed by atoms with Gasteiger partial charge in [-0.1, -0.05) is 23.7 Å². The molecule has 0 bridgehead atoms. The van der Waals surface area contributed by atoms with Gasteiger partial charge in [-0.25, -0.2) is 4.79 Å². The minimum absolute atomic E-state index is 0.00306. The van der Waals surface area contributed by atoms with Crippen LogP contribution >= 0.6 is 11.6 Å². The molecule has 31 heavy (non-hydrogen) atoms. The lowest BCUT2D eigenvalue weighted by molar-refractivity contribution is -0.122. The van der Waals surface area contributed by atoms with Crippen LogP contribution in [0.15, 0.2) is 24.3 Å². The zero-order valence-corrected chi connectivity index (χ0v) is 18.8. The Kier molecular flexibility index (Phi) is 7.38. The molecule has 166 valence electrons. The van der Waals surface area contributed by atoms with Gasteiger partial charge in [0.15, 0.2) is 0 Å². The second-order valence-corrected chi connectivity index (χ2v) is 8.40. The summed E-state index contributed by atoms with van der Waals surface area (Å²) >= 11 is 5.97. The van der Waals surface area contributed by atoms with Crippen LogP contribution in [0.2, 0.25) is 5.02 Å². The van der Waals surface area contributed by atoms with Crippen molar-refractivity contribution in [3.63, 3.8) is 0 Å². The highest BCUT2D eigenvalue weighted by molar-refractivity contribution is 6.30. The average molecular weight is 446 g/mol. The number of aromatic nitrogens is 1. The van der Waals surface area contributed by atoms with Gasteiger partial charge in [-0.05, 0) is 55.9 Å². The first kappa shape index (κ1) is 22.9. The lowest BCUT2D eigenvalue weighted by atomic mass is 9.93. The number of piperidine rings is 1. The first-order valence-electron chi connectivity index (χ1n) is 10.4. The molecule has 2 N–H and O–H groups in total. The summed E-state index contributed by atoms with van der Waals surface area (Å²) in [5, 5.41) is 3.59. The van der Waals surface area contributed by atoms with Crippen LogP contribution in [0, 0.1) is 19.8 Å². The van der Waals surface area contributed by atoms with E-state index in [0.29, 0.717) is 53.6 Å². The third-order valence-corrected chi connectivity index (χ3v) is 6.03. The van der Waals surface area contributed by atoms with Gasteiger partial charge in [0.05, 0.1) is 12.7 Å². The molecule has 0 spiro atoms. The fraction of sp³-hybridized carbons (Fsp3) is 0.435. The summed E-state index contributed by atoms with van der Waals surface area (Å²) in [5.41, 5.74) is 3.03. The Balaban J connectivity index is 1.51. The summed E-state index contributed by atoms with van der Waals surface area (Å²) in [6, 6.07) is 7.42. The molecule has 7 nitrogen and oxygen atoms in total. The van der Waals surface area contributed by atoms with Gasteiger partial charge in [0, 0.05) is 36.8 Å². The average Bonchev–Trinajstić information content (AvgIpc) is 3.05. The fourth-order valence-electron chi connectivity index (χ4n) is 4.05. The topological polar surface area (TPSA) is 91.5 Å². The van der Waals surface area contributed by atoms with Crippen LogP contribution in [-0.2, 0) is 16.1 Å². The SMILES string of the molecule is COC(=O)c1c(C)[nH]c(C(=O)N2CCC(CC(=O)NCc3cccc(Cl)c3)CC2)c1C. The third-order valence-electron chi connectivity index (χ3n) is 5.80. The van der Waals surface area contributed by atoms with Crippen molar-refractivity contribution in [2.45, 2.75) is 39.7 Å². The monoisotopic (exact) mass is 445 g/mol. The van der Waals surface area contributed by atoms with Gasteiger partial charge < -0.3 is 19.9 Å². The minimum Gasteiger partial charge on any atom is -0.465 e. The maximum absolute atomic E-state index is 13.0. The summed E-state index contributed by atoms with van der Waals surface area (Å²) in [7, 11) is 1.33. The zero-order chi connectivity index (χ0) is 22.5. The molecule has 0 unspecified atom stereocenters. The van der Waals surface area contributed by atoms with Gasteiger partial charge in [-0.2, -0.15) is 0 Å². The number of nitrogens with one attached hydrogen (secondary N) is 2. The van der Waals surface area contributed by atoms with Crippen molar-refractivity contribution in [1.82, 2.24) is 15.2 Å². The lowest BCUT2D eigenvalue weighted by Gasteiger charge is -2.31. The molecule has 0 aliphatic carbocycles. The van der Waals surface area contributed by atoms with Crippen molar-refractivity contribution in [2.75, 3.05) is 20.2 Å². The van der Waals surface area contributed by atoms with Crippen LogP contribution in [0.4, 0.5) is 0 Å². The number of rotatable bonds is 6. The van der Waals surface area contributed by atoms with Gasteiger partial charge in [-0.15, -0.1) is 0 Å². The van der Waals surface area contributed by atoms with E-state index in [1.54, 1.807) is 24.8 Å². The number of likely N-dealkylation sites (tertiary alicyclic amines) is 1. The molecule has 0 radical (unpaired) electrons. The molecule has 2 amide bonds. The van der Waals surface area contributed by atoms with Crippen molar-refractivity contribution in [2.24, 2.45) is 5.92 Å². The van der Waals surface area contributed by atoms with Crippen LogP contribution in [0.3, 0.4) is 0 Å². The largest absolute Gasteiger partial charge is 0.465 e. The molecule has 2 aromatic rings. The Bertz CT molecular complexity index is 977. The second kappa shape index (κ2) is 10.0. The molecule has 1 aromatic carbocycles. The predicted molar refractivity (Wildman–Crippen MR) is 118 cm³/mol. The van der Waals surface area contributed by atoms with Crippen LogP contribution in [0.1, 0.15) is 56.9 Å². The first-order chi connectivity index (χ1) is 14.8. The van der Waals surface area contributed by atoms with E-state index in [0.717, 1.165) is 18.4 Å². The number of halogens is 1. The minimum atomic E-state index is -0.451. The number of carbonyl (C=O) groups is 3. The number of hydrogen-bond donors (Lipinski definition) is 2. The number of aryl methyl sites for hydroxylation is 1. The second-order valence-electron chi connectivity index (χ2n) is 7.96. The van der Waals surface area contributed by atoms with E-state index < -0.39 is 5.97 Å². The predicted octanol–water partition coefficient (Wildman–Crippen LogP) is 3.63. The van der Waals surface area contributed by atoms with Gasteiger partial charge in [0.2, 0.25) is 5.91 Å². The van der Waals surface area contributed by atoms with Gasteiger partial charge in [0.25, 0.3) is 5.91 Å². The molecular formula is C23H28ClN3O4. The molecule has 2 heterocycles. The van der Waals surface area contributed by atoms with Crippen LogP contribution in [0.5, 0.6) is 0 Å². The molecule has 1 aromatic heterocycles. The van der Waals surface area contributed by atoms with Crippen molar-refractivity contribution in [1.29, 1.82) is 0 Å². The molecular weight excluding hydrogens is 418 g/mol. The van der Waals surface area contributed by atoms with E-state index in [1.807, 2.05) is 18.2 Å². The molecule has 1 saturated heterocycles. The van der Waals surface area contributed by atoms with Crippen molar-refractivity contribution >= 4 is 29.4 Å².